The Kier molecular flexibility index (Phi) is 7.64. The molecule has 0 radical (unpaired) electrons. The Hall–Kier alpha value is -6.88. The van der Waals surface area contributed by atoms with Crippen LogP contribution in [0.5, 0.6) is 0 Å². The van der Waals surface area contributed by atoms with Gasteiger partial charge in [-0.15, -0.1) is 0 Å². The highest BCUT2D eigenvalue weighted by Gasteiger charge is 2.47. The van der Waals surface area contributed by atoms with Crippen LogP contribution in [0.15, 0.2) is 198 Å². The summed E-state index contributed by atoms with van der Waals surface area (Å²) in [6, 6.07) is 63.3. The Morgan fingerprint density at radius 1 is 0.429 bits per heavy atom. The summed E-state index contributed by atoms with van der Waals surface area (Å²) in [5, 5.41) is 2.52. The molecule has 3 heterocycles. The highest BCUT2D eigenvalue weighted by Crippen LogP contribution is 2.59. The van der Waals surface area contributed by atoms with Crippen molar-refractivity contribution in [2.75, 3.05) is 0 Å². The number of nitrogens with zero attached hydrogens (tertiary/aromatic N) is 3. The molecular formula is C52H33N3S. The topological polar surface area (TPSA) is 38.7 Å². The average molecular weight is 732 g/mol. The lowest BCUT2D eigenvalue weighted by Gasteiger charge is -2.43. The number of pyridine rings is 1. The molecule has 2 aliphatic rings. The van der Waals surface area contributed by atoms with Gasteiger partial charge in [-0.25, -0.2) is 9.97 Å². The minimum absolute atomic E-state index is 0.603. The van der Waals surface area contributed by atoms with Crippen LogP contribution in [-0.4, -0.2) is 15.0 Å². The van der Waals surface area contributed by atoms with Crippen molar-refractivity contribution in [3.05, 3.63) is 222 Å². The summed E-state index contributed by atoms with van der Waals surface area (Å²) in [5.41, 5.74) is 13.9. The Morgan fingerprint density at radius 2 is 1.09 bits per heavy atom. The molecule has 56 heavy (non-hydrogen) atoms. The lowest BCUT2D eigenvalue weighted by Crippen LogP contribution is -2.35. The van der Waals surface area contributed by atoms with E-state index in [-0.39, 0.29) is 0 Å². The molecule has 4 heteroatoms. The quantitative estimate of drug-likeness (QED) is 0.181. The zero-order chi connectivity index (χ0) is 37.1. The standard InChI is InChI=1S/C52H33N3S/c1-2-13-38(14-3-1)47-32-48(39-25-20-34(21-26-39)41-15-10-30-53-33-41)55-51(54-47)40-27-24-37-23-22-36-12-5-7-17-43(36)52(46(37)31-40)44-18-8-9-19-49(44)56-50-42-16-6-4-11-35(42)28-29-45(50)52/h1-33H. The third kappa shape index (κ3) is 5.18. The van der Waals surface area contributed by atoms with Gasteiger partial charge in [-0.05, 0) is 79.5 Å². The number of aromatic nitrogens is 3. The molecule has 11 rings (SSSR count). The molecule has 3 nitrogen and oxygen atoms in total. The van der Waals surface area contributed by atoms with Gasteiger partial charge in [0.15, 0.2) is 5.82 Å². The van der Waals surface area contributed by atoms with E-state index in [9.17, 15) is 0 Å². The maximum Gasteiger partial charge on any atom is 0.160 e. The van der Waals surface area contributed by atoms with Crippen molar-refractivity contribution in [1.82, 2.24) is 15.0 Å². The van der Waals surface area contributed by atoms with Crippen LogP contribution in [0, 0.1) is 0 Å². The van der Waals surface area contributed by atoms with E-state index in [2.05, 4.69) is 181 Å². The van der Waals surface area contributed by atoms with E-state index in [0.717, 1.165) is 39.2 Å². The number of benzene rings is 7. The summed E-state index contributed by atoms with van der Waals surface area (Å²) < 4.78 is 0. The summed E-state index contributed by atoms with van der Waals surface area (Å²) in [6.45, 7) is 0. The van der Waals surface area contributed by atoms with Crippen molar-refractivity contribution in [3.63, 3.8) is 0 Å². The van der Waals surface area contributed by atoms with Crippen molar-refractivity contribution < 1.29 is 0 Å². The van der Waals surface area contributed by atoms with E-state index in [4.69, 9.17) is 9.97 Å². The monoisotopic (exact) mass is 731 g/mol. The van der Waals surface area contributed by atoms with Crippen molar-refractivity contribution in [2.24, 2.45) is 0 Å². The lowest BCUT2D eigenvalue weighted by atomic mass is 9.63. The van der Waals surface area contributed by atoms with Crippen molar-refractivity contribution >= 4 is 34.7 Å². The largest absolute Gasteiger partial charge is 0.264 e. The van der Waals surface area contributed by atoms with E-state index >= 15 is 0 Å². The first-order valence-corrected chi connectivity index (χ1v) is 19.7. The zero-order valence-electron chi connectivity index (χ0n) is 30.3. The van der Waals surface area contributed by atoms with Gasteiger partial charge in [0.05, 0.1) is 16.8 Å². The SMILES string of the molecule is C1=Cc2ccc(-c3nc(-c4ccccc4)cc(-c4ccc(-c5cccnc5)cc4)n3)cc2C2(c3ccccc31)c1ccccc1Sc1c2ccc2ccccc12. The Labute approximate surface area is 330 Å². The van der Waals surface area contributed by atoms with Crippen molar-refractivity contribution in [3.8, 4) is 45.0 Å². The summed E-state index contributed by atoms with van der Waals surface area (Å²) in [5.74, 6) is 0.689. The van der Waals surface area contributed by atoms with Gasteiger partial charge in [-0.1, -0.05) is 176 Å². The summed E-state index contributed by atoms with van der Waals surface area (Å²) in [4.78, 5) is 17.5. The van der Waals surface area contributed by atoms with Crippen LogP contribution in [0.25, 0.3) is 68.0 Å². The van der Waals surface area contributed by atoms with E-state index < -0.39 is 5.41 Å². The molecule has 1 unspecified atom stereocenters. The predicted octanol–water partition coefficient (Wildman–Crippen LogP) is 13.0. The molecule has 0 amide bonds. The van der Waals surface area contributed by atoms with Gasteiger partial charge in [0.1, 0.15) is 0 Å². The Bertz CT molecular complexity index is 2990. The van der Waals surface area contributed by atoms with Gasteiger partial charge >= 0.3 is 0 Å². The maximum absolute atomic E-state index is 5.34. The first kappa shape index (κ1) is 32.5. The zero-order valence-corrected chi connectivity index (χ0v) is 31.1. The Morgan fingerprint density at radius 3 is 1.91 bits per heavy atom. The molecular weight excluding hydrogens is 699 g/mol. The summed E-state index contributed by atoms with van der Waals surface area (Å²) in [6.07, 6.45) is 8.27. The fraction of sp³-hybridized carbons (Fsp3) is 0.0192. The van der Waals surface area contributed by atoms with Crippen molar-refractivity contribution in [1.29, 1.82) is 0 Å². The second kappa shape index (κ2) is 13.2. The van der Waals surface area contributed by atoms with E-state index in [1.807, 2.05) is 30.1 Å². The first-order valence-electron chi connectivity index (χ1n) is 18.9. The smallest absolute Gasteiger partial charge is 0.160 e. The van der Waals surface area contributed by atoms with Gasteiger partial charge in [0.2, 0.25) is 0 Å². The molecule has 1 spiro atoms. The second-order valence-electron chi connectivity index (χ2n) is 14.4. The highest BCUT2D eigenvalue weighted by molar-refractivity contribution is 7.99. The molecule has 0 fully saturated rings. The molecule has 0 bridgehead atoms. The van der Waals surface area contributed by atoms with Gasteiger partial charge in [0, 0.05) is 38.9 Å². The number of hydrogen-bond donors (Lipinski definition) is 0. The molecule has 262 valence electrons. The van der Waals surface area contributed by atoms with E-state index in [0.29, 0.717) is 5.82 Å². The molecule has 1 aliphatic heterocycles. The fourth-order valence-electron chi connectivity index (χ4n) is 8.67. The molecule has 1 aliphatic carbocycles. The van der Waals surface area contributed by atoms with E-state index in [1.54, 1.807) is 6.20 Å². The molecule has 0 saturated heterocycles. The van der Waals surface area contributed by atoms with Gasteiger partial charge < -0.3 is 0 Å². The number of rotatable bonds is 4. The van der Waals surface area contributed by atoms with Gasteiger partial charge in [0.25, 0.3) is 0 Å². The van der Waals surface area contributed by atoms with Crippen LogP contribution >= 0.6 is 11.8 Å². The van der Waals surface area contributed by atoms with Crippen LogP contribution in [0.2, 0.25) is 0 Å². The number of hydrogen-bond acceptors (Lipinski definition) is 4. The van der Waals surface area contributed by atoms with Gasteiger partial charge in [-0.2, -0.15) is 0 Å². The molecule has 7 aromatic carbocycles. The number of fused-ring (bicyclic) bond motifs is 10. The first-order chi connectivity index (χ1) is 27.7. The fourth-order valence-corrected chi connectivity index (χ4v) is 10.00. The van der Waals surface area contributed by atoms with Crippen LogP contribution in [0.3, 0.4) is 0 Å². The van der Waals surface area contributed by atoms with Crippen LogP contribution < -0.4 is 0 Å². The van der Waals surface area contributed by atoms with Gasteiger partial charge in [-0.3, -0.25) is 4.98 Å². The normalized spacial score (nSPS) is 15.1. The minimum atomic E-state index is -0.603. The molecule has 1 atom stereocenters. The lowest BCUT2D eigenvalue weighted by molar-refractivity contribution is 0.704. The van der Waals surface area contributed by atoms with Crippen LogP contribution in [-0.2, 0) is 5.41 Å². The van der Waals surface area contributed by atoms with E-state index in [1.165, 1.54) is 53.9 Å². The van der Waals surface area contributed by atoms with Crippen LogP contribution in [0.4, 0.5) is 0 Å². The third-order valence-corrected chi connectivity index (χ3v) is 12.5. The molecule has 9 aromatic rings. The molecule has 0 saturated carbocycles. The summed E-state index contributed by atoms with van der Waals surface area (Å²) in [7, 11) is 0. The summed E-state index contributed by atoms with van der Waals surface area (Å²) >= 11 is 1.89. The predicted molar refractivity (Wildman–Crippen MR) is 230 cm³/mol. The van der Waals surface area contributed by atoms with Crippen LogP contribution in [0.1, 0.15) is 33.4 Å². The maximum atomic E-state index is 5.34. The second-order valence-corrected chi connectivity index (χ2v) is 15.4. The Balaban J connectivity index is 1.17. The highest BCUT2D eigenvalue weighted by atomic mass is 32.2. The third-order valence-electron chi connectivity index (χ3n) is 11.3. The minimum Gasteiger partial charge on any atom is -0.264 e. The molecule has 0 N–H and O–H groups in total. The molecule has 2 aromatic heterocycles. The van der Waals surface area contributed by atoms with Crippen molar-refractivity contribution in [2.45, 2.75) is 15.2 Å². The average Bonchev–Trinajstić information content (AvgIpc) is 3.42.